The minimum Gasteiger partial charge on any atom is -0.452 e. The lowest BCUT2D eigenvalue weighted by Gasteiger charge is -2.21. The zero-order chi connectivity index (χ0) is 15.7. The Labute approximate surface area is 137 Å². The highest BCUT2D eigenvalue weighted by Crippen LogP contribution is 2.47. The van der Waals surface area contributed by atoms with Gasteiger partial charge in [0.1, 0.15) is 5.65 Å². The lowest BCUT2D eigenvalue weighted by Crippen LogP contribution is -2.04. The van der Waals surface area contributed by atoms with Crippen molar-refractivity contribution in [1.29, 1.82) is 0 Å². The summed E-state index contributed by atoms with van der Waals surface area (Å²) in [6.07, 6.45) is 1.85. The first-order valence-electron chi connectivity index (χ1n) is 8.00. The second kappa shape index (κ2) is 4.15. The third kappa shape index (κ3) is 1.35. The summed E-state index contributed by atoms with van der Waals surface area (Å²) in [7, 11) is 0. The average Bonchev–Trinajstić information content (AvgIpc) is 2.98. The number of para-hydroxylation sites is 2. The van der Waals surface area contributed by atoms with E-state index in [9.17, 15) is 0 Å². The molecule has 3 heteroatoms. The maximum Gasteiger partial charge on any atom is 0.160 e. The normalized spacial score (nSPS) is 12.5. The Bertz CT molecular complexity index is 1280. The molecule has 3 nitrogen and oxygen atoms in total. The summed E-state index contributed by atoms with van der Waals surface area (Å²) >= 11 is 0. The number of hydrogen-bond donors (Lipinski definition) is 0. The molecule has 0 unspecified atom stereocenters. The number of benzene rings is 3. The van der Waals surface area contributed by atoms with Gasteiger partial charge in [0, 0.05) is 22.4 Å². The van der Waals surface area contributed by atoms with Crippen LogP contribution in [0.25, 0.3) is 38.4 Å². The van der Waals surface area contributed by atoms with Crippen molar-refractivity contribution in [2.45, 2.75) is 0 Å². The monoisotopic (exact) mass is 308 g/mol. The molecule has 3 heterocycles. The molecule has 24 heavy (non-hydrogen) atoms. The van der Waals surface area contributed by atoms with E-state index in [1.54, 1.807) is 0 Å². The van der Waals surface area contributed by atoms with Gasteiger partial charge in [0.2, 0.25) is 0 Å². The Balaban J connectivity index is 1.98. The molecule has 0 N–H and O–H groups in total. The highest BCUT2D eigenvalue weighted by molar-refractivity contribution is 6.17. The standard InChI is InChI=1S/C21H12N2O/c1-2-7-14-13(6-1)12-16-15-8-5-11-22-21(15)23-17-9-3-4-10-18(17)24-20(14)19(16)23/h1-12H. The largest absolute Gasteiger partial charge is 0.452 e. The molecule has 0 amide bonds. The summed E-state index contributed by atoms with van der Waals surface area (Å²) in [5.41, 5.74) is 3.11. The van der Waals surface area contributed by atoms with Crippen LogP contribution >= 0.6 is 0 Å². The van der Waals surface area contributed by atoms with Crippen LogP contribution in [0.5, 0.6) is 11.5 Å². The van der Waals surface area contributed by atoms with Crippen LogP contribution in [-0.4, -0.2) is 9.55 Å². The first kappa shape index (κ1) is 12.1. The molecule has 2 aromatic heterocycles. The maximum absolute atomic E-state index is 6.34. The van der Waals surface area contributed by atoms with Crippen LogP contribution in [0.2, 0.25) is 0 Å². The molecule has 5 aromatic rings. The molecule has 112 valence electrons. The predicted molar refractivity (Wildman–Crippen MR) is 96.2 cm³/mol. The Hall–Kier alpha value is -3.33. The van der Waals surface area contributed by atoms with Crippen LogP contribution in [-0.2, 0) is 0 Å². The SMILES string of the molecule is c1ccc2c(c1)Oc1c3ccccc3cc3c4cccnc4n-2c13. The van der Waals surface area contributed by atoms with E-state index in [4.69, 9.17) is 4.74 Å². The molecular formula is C21H12N2O. The molecule has 1 aliphatic rings. The van der Waals surface area contributed by atoms with E-state index in [0.717, 1.165) is 39.1 Å². The topological polar surface area (TPSA) is 27.1 Å². The summed E-state index contributed by atoms with van der Waals surface area (Å²) in [5.74, 6) is 1.78. The Morgan fingerprint density at radius 1 is 0.792 bits per heavy atom. The molecule has 0 aliphatic carbocycles. The highest BCUT2D eigenvalue weighted by atomic mass is 16.5. The molecule has 0 saturated carbocycles. The van der Waals surface area contributed by atoms with Crippen LogP contribution < -0.4 is 4.74 Å². The van der Waals surface area contributed by atoms with Crippen molar-refractivity contribution in [3.8, 4) is 17.2 Å². The van der Waals surface area contributed by atoms with Gasteiger partial charge in [-0.05, 0) is 35.7 Å². The summed E-state index contributed by atoms with van der Waals surface area (Å²) in [4.78, 5) is 4.66. The first-order valence-corrected chi connectivity index (χ1v) is 8.00. The fourth-order valence-corrected chi connectivity index (χ4v) is 3.80. The van der Waals surface area contributed by atoms with Crippen LogP contribution in [0.1, 0.15) is 0 Å². The molecular weight excluding hydrogens is 296 g/mol. The summed E-state index contributed by atoms with van der Waals surface area (Å²) < 4.78 is 8.57. The van der Waals surface area contributed by atoms with Crippen LogP contribution in [0.3, 0.4) is 0 Å². The lowest BCUT2D eigenvalue weighted by molar-refractivity contribution is 0.481. The third-order valence-corrected chi connectivity index (χ3v) is 4.81. The molecule has 0 radical (unpaired) electrons. The summed E-state index contributed by atoms with van der Waals surface area (Å²) in [6, 6.07) is 22.9. The zero-order valence-electron chi connectivity index (χ0n) is 12.7. The number of hydrogen-bond acceptors (Lipinski definition) is 2. The van der Waals surface area contributed by atoms with Crippen molar-refractivity contribution in [1.82, 2.24) is 9.55 Å². The van der Waals surface area contributed by atoms with E-state index in [1.165, 1.54) is 10.8 Å². The van der Waals surface area contributed by atoms with E-state index < -0.39 is 0 Å². The zero-order valence-corrected chi connectivity index (χ0v) is 12.7. The third-order valence-electron chi connectivity index (χ3n) is 4.81. The first-order chi connectivity index (χ1) is 11.9. The van der Waals surface area contributed by atoms with E-state index in [0.29, 0.717) is 0 Å². The van der Waals surface area contributed by atoms with Gasteiger partial charge in [0.15, 0.2) is 11.5 Å². The molecule has 1 aliphatic heterocycles. The van der Waals surface area contributed by atoms with E-state index in [1.807, 2.05) is 30.5 Å². The van der Waals surface area contributed by atoms with E-state index >= 15 is 0 Å². The molecule has 0 bridgehead atoms. The van der Waals surface area contributed by atoms with Crippen molar-refractivity contribution in [3.63, 3.8) is 0 Å². The smallest absolute Gasteiger partial charge is 0.160 e. The summed E-state index contributed by atoms with van der Waals surface area (Å²) in [5, 5.41) is 4.65. The van der Waals surface area contributed by atoms with Gasteiger partial charge >= 0.3 is 0 Å². The molecule has 0 spiro atoms. The number of aromatic nitrogens is 2. The van der Waals surface area contributed by atoms with Gasteiger partial charge in [-0.2, -0.15) is 0 Å². The van der Waals surface area contributed by atoms with Crippen molar-refractivity contribution >= 4 is 32.7 Å². The maximum atomic E-state index is 6.34. The van der Waals surface area contributed by atoms with Gasteiger partial charge in [0.05, 0.1) is 11.2 Å². The molecule has 0 atom stereocenters. The van der Waals surface area contributed by atoms with Crippen molar-refractivity contribution < 1.29 is 4.74 Å². The van der Waals surface area contributed by atoms with Gasteiger partial charge in [-0.15, -0.1) is 0 Å². The molecule has 6 rings (SSSR count). The van der Waals surface area contributed by atoms with Crippen LogP contribution in [0.4, 0.5) is 0 Å². The highest BCUT2D eigenvalue weighted by Gasteiger charge is 2.25. The minimum absolute atomic E-state index is 0.866. The average molecular weight is 308 g/mol. The number of pyridine rings is 1. The van der Waals surface area contributed by atoms with Crippen molar-refractivity contribution in [2.75, 3.05) is 0 Å². The number of ether oxygens (including phenoxy) is 1. The van der Waals surface area contributed by atoms with Gasteiger partial charge in [-0.1, -0.05) is 36.4 Å². The fraction of sp³-hybridized carbons (Fsp3) is 0. The second-order valence-electron chi connectivity index (χ2n) is 6.10. The van der Waals surface area contributed by atoms with Gasteiger partial charge in [-0.25, -0.2) is 4.98 Å². The Morgan fingerprint density at radius 2 is 1.62 bits per heavy atom. The van der Waals surface area contributed by atoms with Gasteiger partial charge in [-0.3, -0.25) is 4.57 Å². The Kier molecular flexibility index (Phi) is 2.10. The van der Waals surface area contributed by atoms with Crippen molar-refractivity contribution in [2.24, 2.45) is 0 Å². The lowest BCUT2D eigenvalue weighted by atomic mass is 10.0. The predicted octanol–water partition coefficient (Wildman–Crippen LogP) is 5.44. The van der Waals surface area contributed by atoms with Gasteiger partial charge < -0.3 is 4.74 Å². The Morgan fingerprint density at radius 3 is 2.62 bits per heavy atom. The number of fused-ring (bicyclic) bond motifs is 7. The second-order valence-corrected chi connectivity index (χ2v) is 6.10. The molecule has 3 aromatic carbocycles. The number of rotatable bonds is 0. The molecule has 0 saturated heterocycles. The van der Waals surface area contributed by atoms with Crippen LogP contribution in [0.15, 0.2) is 72.9 Å². The fourth-order valence-electron chi connectivity index (χ4n) is 3.80. The molecule has 0 fully saturated rings. The summed E-state index contributed by atoms with van der Waals surface area (Å²) in [6.45, 7) is 0. The van der Waals surface area contributed by atoms with Gasteiger partial charge in [0.25, 0.3) is 0 Å². The number of nitrogens with zero attached hydrogens (tertiary/aromatic N) is 2. The quantitative estimate of drug-likeness (QED) is 0.374. The van der Waals surface area contributed by atoms with E-state index in [2.05, 4.69) is 52.0 Å². The van der Waals surface area contributed by atoms with Crippen LogP contribution in [0, 0.1) is 0 Å². The minimum atomic E-state index is 0.866. The van der Waals surface area contributed by atoms with Crippen molar-refractivity contribution in [3.05, 3.63) is 72.9 Å². The van der Waals surface area contributed by atoms with E-state index in [-0.39, 0.29) is 0 Å².